The lowest BCUT2D eigenvalue weighted by molar-refractivity contribution is 0.0111. The van der Waals surface area contributed by atoms with Crippen LogP contribution in [0.1, 0.15) is 38.2 Å². The molecular weight excluding hydrogens is 240 g/mol. The largest absolute Gasteiger partial charge is 0.463 e. The Labute approximate surface area is 116 Å². The SMILES string of the molecule is CCNCc1ccc(CN2CCC(OCC)CC2)o1. The van der Waals surface area contributed by atoms with Crippen molar-refractivity contribution in [3.05, 3.63) is 23.7 Å². The fourth-order valence-corrected chi connectivity index (χ4v) is 2.54. The van der Waals surface area contributed by atoms with Gasteiger partial charge in [0.2, 0.25) is 0 Å². The summed E-state index contributed by atoms with van der Waals surface area (Å²) in [6.07, 6.45) is 2.74. The van der Waals surface area contributed by atoms with Gasteiger partial charge < -0.3 is 14.5 Å². The summed E-state index contributed by atoms with van der Waals surface area (Å²) in [6.45, 7) is 9.93. The summed E-state index contributed by atoms with van der Waals surface area (Å²) >= 11 is 0. The van der Waals surface area contributed by atoms with Crippen molar-refractivity contribution in [1.29, 1.82) is 0 Å². The highest BCUT2D eigenvalue weighted by molar-refractivity contribution is 5.07. The lowest BCUT2D eigenvalue weighted by Gasteiger charge is -2.31. The molecule has 108 valence electrons. The van der Waals surface area contributed by atoms with Crippen molar-refractivity contribution >= 4 is 0 Å². The molecule has 1 aliphatic heterocycles. The van der Waals surface area contributed by atoms with Crippen molar-refractivity contribution in [3.8, 4) is 0 Å². The van der Waals surface area contributed by atoms with Crippen LogP contribution in [-0.2, 0) is 17.8 Å². The topological polar surface area (TPSA) is 37.6 Å². The van der Waals surface area contributed by atoms with Gasteiger partial charge in [0.15, 0.2) is 0 Å². The number of likely N-dealkylation sites (tertiary alicyclic amines) is 1. The van der Waals surface area contributed by atoms with Gasteiger partial charge in [-0.05, 0) is 38.4 Å². The fraction of sp³-hybridized carbons (Fsp3) is 0.733. The van der Waals surface area contributed by atoms with E-state index in [0.717, 1.165) is 63.7 Å². The average Bonchev–Trinajstić information content (AvgIpc) is 2.87. The summed E-state index contributed by atoms with van der Waals surface area (Å²) in [5.41, 5.74) is 0. The minimum absolute atomic E-state index is 0.460. The third-order valence-corrected chi connectivity index (χ3v) is 3.58. The normalized spacial score (nSPS) is 18.0. The van der Waals surface area contributed by atoms with E-state index in [2.05, 4.69) is 36.2 Å². The molecule has 0 aromatic carbocycles. The van der Waals surface area contributed by atoms with Crippen LogP contribution in [0, 0.1) is 0 Å². The van der Waals surface area contributed by atoms with Crippen LogP contribution < -0.4 is 5.32 Å². The first kappa shape index (κ1) is 14.6. The molecule has 2 rings (SSSR count). The maximum absolute atomic E-state index is 5.83. The van der Waals surface area contributed by atoms with Gasteiger partial charge in [0.05, 0.1) is 19.2 Å². The van der Waals surface area contributed by atoms with Gasteiger partial charge in [0.1, 0.15) is 11.5 Å². The highest BCUT2D eigenvalue weighted by Gasteiger charge is 2.19. The smallest absolute Gasteiger partial charge is 0.118 e. The van der Waals surface area contributed by atoms with Crippen LogP contribution in [0.2, 0.25) is 0 Å². The van der Waals surface area contributed by atoms with E-state index in [4.69, 9.17) is 9.15 Å². The standard InChI is InChI=1S/C15H26N2O2/c1-3-16-11-14-5-6-15(19-14)12-17-9-7-13(8-10-17)18-4-2/h5-6,13,16H,3-4,7-12H2,1-2H3. The van der Waals surface area contributed by atoms with Crippen molar-refractivity contribution in [2.45, 2.75) is 45.9 Å². The highest BCUT2D eigenvalue weighted by atomic mass is 16.5. The van der Waals surface area contributed by atoms with Crippen LogP contribution in [0.4, 0.5) is 0 Å². The van der Waals surface area contributed by atoms with E-state index in [1.165, 1.54) is 0 Å². The monoisotopic (exact) mass is 266 g/mol. The Kier molecular flexibility index (Phi) is 5.89. The summed E-state index contributed by atoms with van der Waals surface area (Å²) in [6, 6.07) is 4.17. The lowest BCUT2D eigenvalue weighted by Crippen LogP contribution is -2.36. The molecule has 0 aliphatic carbocycles. The lowest BCUT2D eigenvalue weighted by atomic mass is 10.1. The van der Waals surface area contributed by atoms with Crippen molar-refractivity contribution in [1.82, 2.24) is 10.2 Å². The quantitative estimate of drug-likeness (QED) is 0.822. The van der Waals surface area contributed by atoms with Gasteiger partial charge in [0, 0.05) is 19.7 Å². The van der Waals surface area contributed by atoms with E-state index in [0.29, 0.717) is 6.10 Å². The van der Waals surface area contributed by atoms with Gasteiger partial charge >= 0.3 is 0 Å². The second kappa shape index (κ2) is 7.68. The zero-order valence-electron chi connectivity index (χ0n) is 12.2. The fourth-order valence-electron chi connectivity index (χ4n) is 2.54. The van der Waals surface area contributed by atoms with Crippen molar-refractivity contribution in [2.24, 2.45) is 0 Å². The molecule has 0 atom stereocenters. The Hall–Kier alpha value is -0.840. The molecule has 0 amide bonds. The first-order chi connectivity index (χ1) is 9.31. The molecule has 1 N–H and O–H groups in total. The minimum Gasteiger partial charge on any atom is -0.463 e. The molecule has 4 heteroatoms. The van der Waals surface area contributed by atoms with Crippen molar-refractivity contribution in [3.63, 3.8) is 0 Å². The predicted octanol–water partition coefficient (Wildman–Crippen LogP) is 2.39. The average molecular weight is 266 g/mol. The molecule has 0 bridgehead atoms. The molecule has 0 spiro atoms. The molecule has 2 heterocycles. The third kappa shape index (κ3) is 4.64. The number of ether oxygens (including phenoxy) is 1. The van der Waals surface area contributed by atoms with Crippen LogP contribution in [0.15, 0.2) is 16.5 Å². The van der Waals surface area contributed by atoms with Gasteiger partial charge in [-0.2, -0.15) is 0 Å². The second-order valence-corrected chi connectivity index (χ2v) is 5.08. The Morgan fingerprint density at radius 1 is 1.26 bits per heavy atom. The van der Waals surface area contributed by atoms with E-state index in [-0.39, 0.29) is 0 Å². The number of piperidine rings is 1. The van der Waals surface area contributed by atoms with Crippen LogP contribution in [-0.4, -0.2) is 37.2 Å². The van der Waals surface area contributed by atoms with Crippen molar-refractivity contribution in [2.75, 3.05) is 26.2 Å². The molecule has 1 fully saturated rings. The van der Waals surface area contributed by atoms with Gasteiger partial charge in [-0.25, -0.2) is 0 Å². The molecule has 1 aromatic rings. The molecule has 0 saturated carbocycles. The second-order valence-electron chi connectivity index (χ2n) is 5.08. The maximum atomic E-state index is 5.83. The number of furan rings is 1. The molecule has 1 saturated heterocycles. The minimum atomic E-state index is 0.460. The van der Waals surface area contributed by atoms with E-state index >= 15 is 0 Å². The number of nitrogens with zero attached hydrogens (tertiary/aromatic N) is 1. The van der Waals surface area contributed by atoms with E-state index in [9.17, 15) is 0 Å². The van der Waals surface area contributed by atoms with E-state index < -0.39 is 0 Å². The zero-order chi connectivity index (χ0) is 13.5. The summed E-state index contributed by atoms with van der Waals surface area (Å²) in [5, 5.41) is 3.28. The van der Waals surface area contributed by atoms with E-state index in [1.807, 2.05) is 0 Å². The molecule has 1 aliphatic rings. The Morgan fingerprint density at radius 3 is 2.68 bits per heavy atom. The number of nitrogens with one attached hydrogen (secondary N) is 1. The first-order valence-corrected chi connectivity index (χ1v) is 7.44. The van der Waals surface area contributed by atoms with Gasteiger partial charge in [-0.1, -0.05) is 6.92 Å². The van der Waals surface area contributed by atoms with Gasteiger partial charge in [0.25, 0.3) is 0 Å². The van der Waals surface area contributed by atoms with Crippen LogP contribution >= 0.6 is 0 Å². The van der Waals surface area contributed by atoms with Crippen LogP contribution in [0.5, 0.6) is 0 Å². The van der Waals surface area contributed by atoms with Crippen molar-refractivity contribution < 1.29 is 9.15 Å². The van der Waals surface area contributed by atoms with Gasteiger partial charge in [-0.15, -0.1) is 0 Å². The first-order valence-electron chi connectivity index (χ1n) is 7.44. The summed E-state index contributed by atoms with van der Waals surface area (Å²) < 4.78 is 11.5. The number of rotatable bonds is 7. The Morgan fingerprint density at radius 2 is 2.00 bits per heavy atom. The molecule has 1 aromatic heterocycles. The third-order valence-electron chi connectivity index (χ3n) is 3.58. The summed E-state index contributed by atoms with van der Waals surface area (Å²) in [7, 11) is 0. The summed E-state index contributed by atoms with van der Waals surface area (Å²) in [5.74, 6) is 2.10. The number of hydrogen-bond donors (Lipinski definition) is 1. The Balaban J connectivity index is 1.74. The number of hydrogen-bond acceptors (Lipinski definition) is 4. The predicted molar refractivity (Wildman–Crippen MR) is 76.0 cm³/mol. The molecular formula is C15H26N2O2. The van der Waals surface area contributed by atoms with E-state index in [1.54, 1.807) is 0 Å². The maximum Gasteiger partial charge on any atom is 0.118 e. The zero-order valence-corrected chi connectivity index (χ0v) is 12.2. The molecule has 4 nitrogen and oxygen atoms in total. The van der Waals surface area contributed by atoms with Crippen LogP contribution in [0.3, 0.4) is 0 Å². The highest BCUT2D eigenvalue weighted by Crippen LogP contribution is 2.17. The Bertz CT molecular complexity index is 357. The molecule has 0 radical (unpaired) electrons. The van der Waals surface area contributed by atoms with Gasteiger partial charge in [-0.3, -0.25) is 4.90 Å². The molecule has 0 unspecified atom stereocenters. The van der Waals surface area contributed by atoms with Crippen LogP contribution in [0.25, 0.3) is 0 Å². The summed E-state index contributed by atoms with van der Waals surface area (Å²) in [4.78, 5) is 2.45. The molecule has 19 heavy (non-hydrogen) atoms.